The van der Waals surface area contributed by atoms with Crippen LogP contribution in [0.3, 0.4) is 0 Å². The van der Waals surface area contributed by atoms with Crippen LogP contribution < -0.4 is 5.32 Å². The van der Waals surface area contributed by atoms with E-state index in [0.29, 0.717) is 30.1 Å². The van der Waals surface area contributed by atoms with E-state index in [9.17, 15) is 14.7 Å². The molecule has 6 rings (SSSR count). The first-order valence-electron chi connectivity index (χ1n) is 9.68. The van der Waals surface area contributed by atoms with Gasteiger partial charge in [-0.3, -0.25) is 9.59 Å². The summed E-state index contributed by atoms with van der Waals surface area (Å²) in [6.07, 6.45) is 1.47. The van der Waals surface area contributed by atoms with E-state index in [-0.39, 0.29) is 36.3 Å². The molecule has 0 saturated carbocycles. The van der Waals surface area contributed by atoms with E-state index in [1.807, 2.05) is 40.1 Å². The van der Waals surface area contributed by atoms with E-state index in [2.05, 4.69) is 5.32 Å². The predicted molar refractivity (Wildman–Crippen MR) is 98.7 cm³/mol. The van der Waals surface area contributed by atoms with Crippen LogP contribution in [0.4, 0.5) is 0 Å². The van der Waals surface area contributed by atoms with Crippen molar-refractivity contribution >= 4 is 11.6 Å². The lowest BCUT2D eigenvalue weighted by atomic mass is 9.84. The van der Waals surface area contributed by atoms with Gasteiger partial charge in [-0.15, -0.1) is 0 Å². The number of ether oxygens (including phenoxy) is 1. The number of methoxy groups -OCH3 is 1. The Labute approximate surface area is 162 Å². The van der Waals surface area contributed by atoms with Crippen molar-refractivity contribution in [2.24, 2.45) is 5.92 Å². The summed E-state index contributed by atoms with van der Waals surface area (Å²) in [7, 11) is 1.59. The largest absolute Gasteiger partial charge is 0.396 e. The number of carbonyl (C=O) groups is 2. The second-order valence-electron chi connectivity index (χ2n) is 8.12. The number of benzene rings is 1. The molecule has 4 aliphatic heterocycles. The van der Waals surface area contributed by atoms with Gasteiger partial charge in [0.2, 0.25) is 11.6 Å². The summed E-state index contributed by atoms with van der Waals surface area (Å²) in [4.78, 5) is 30.4. The molecule has 1 aromatic rings. The van der Waals surface area contributed by atoms with Crippen molar-refractivity contribution in [3.8, 4) is 0 Å². The number of hydrogen-bond acceptors (Lipinski definition) is 7. The fraction of sp³-hybridized carbons (Fsp3) is 0.429. The van der Waals surface area contributed by atoms with Crippen LogP contribution in [0.5, 0.6) is 0 Å². The third-order valence-corrected chi connectivity index (χ3v) is 6.90. The van der Waals surface area contributed by atoms with Gasteiger partial charge in [0.25, 0.3) is 0 Å². The van der Waals surface area contributed by atoms with Crippen molar-refractivity contribution in [3.05, 3.63) is 58.9 Å². The minimum Gasteiger partial charge on any atom is -0.396 e. The molecule has 7 nitrogen and oxygen atoms in total. The summed E-state index contributed by atoms with van der Waals surface area (Å²) < 4.78 is 5.89. The summed E-state index contributed by atoms with van der Waals surface area (Å²) in [5.41, 5.74) is 1.55. The number of ketones is 2. The van der Waals surface area contributed by atoms with Crippen LogP contribution in [0.25, 0.3) is 0 Å². The number of nitrogens with zero attached hydrogens (tertiary/aromatic N) is 2. The summed E-state index contributed by atoms with van der Waals surface area (Å²) in [6.45, 7) is 1.10. The van der Waals surface area contributed by atoms with Gasteiger partial charge in [-0.2, -0.15) is 0 Å². The molecule has 5 aliphatic rings. The number of nitrogens with one attached hydrogen (secondary N) is 1. The number of aliphatic hydroxyl groups is 1. The fourth-order valence-electron chi connectivity index (χ4n) is 5.54. The maximum Gasteiger partial charge on any atom is 0.207 e. The Balaban J connectivity index is 1.37. The molecule has 144 valence electrons. The number of carbonyl (C=O) groups excluding carboxylic acids is 2. The van der Waals surface area contributed by atoms with Gasteiger partial charge in [0.05, 0.1) is 36.0 Å². The second-order valence-corrected chi connectivity index (χ2v) is 8.12. The number of hydrogen-bond donors (Lipinski definition) is 2. The Morgan fingerprint density at radius 2 is 2.04 bits per heavy atom. The zero-order chi connectivity index (χ0) is 19.2. The Morgan fingerprint density at radius 3 is 2.75 bits per heavy atom. The van der Waals surface area contributed by atoms with Crippen LogP contribution in [0, 0.1) is 5.92 Å². The number of piperazine rings is 1. The molecule has 3 fully saturated rings. The molecule has 1 aliphatic carbocycles. The lowest BCUT2D eigenvalue weighted by molar-refractivity contribution is -0.136. The molecular weight excluding hydrogens is 358 g/mol. The normalized spacial score (nSPS) is 37.7. The number of fused-ring (bicyclic) bond motifs is 4. The van der Waals surface area contributed by atoms with Crippen molar-refractivity contribution in [3.63, 3.8) is 0 Å². The number of allylic oxidation sites excluding steroid dienone is 2. The van der Waals surface area contributed by atoms with E-state index in [1.54, 1.807) is 7.11 Å². The van der Waals surface area contributed by atoms with Crippen LogP contribution in [-0.4, -0.2) is 71.1 Å². The fourth-order valence-corrected chi connectivity index (χ4v) is 5.54. The number of rotatable bonds is 4. The van der Waals surface area contributed by atoms with E-state index < -0.39 is 11.6 Å². The Morgan fingerprint density at radius 1 is 1.25 bits per heavy atom. The van der Waals surface area contributed by atoms with Crippen LogP contribution >= 0.6 is 0 Å². The standard InChI is InChI=1S/C21H21N3O4/c1-28-21-12(10-25)17-18(24(21)8-13-20(21)22-13)16(26)7-14(19(17)27)23-9-15(23)11-5-3-2-4-6-11/h2-7,12-13,15,20,22,25H,8-10H2,1H3. The average molecular weight is 379 g/mol. The summed E-state index contributed by atoms with van der Waals surface area (Å²) in [5, 5.41) is 13.5. The van der Waals surface area contributed by atoms with Gasteiger partial charge in [-0.05, 0) is 5.56 Å². The quantitative estimate of drug-likeness (QED) is 0.560. The maximum atomic E-state index is 13.5. The highest BCUT2D eigenvalue weighted by Crippen LogP contribution is 2.55. The van der Waals surface area contributed by atoms with Gasteiger partial charge in [0.15, 0.2) is 5.72 Å². The minimum absolute atomic E-state index is 0.0302. The molecule has 0 amide bonds. The molecule has 0 aromatic heterocycles. The molecule has 2 N–H and O–H groups in total. The number of Topliss-reactive ketones (excluding diaryl/α,β-unsaturated/α-hetero) is 1. The molecule has 3 saturated heterocycles. The first-order valence-corrected chi connectivity index (χ1v) is 9.68. The molecular formula is C21H21N3O4. The summed E-state index contributed by atoms with van der Waals surface area (Å²) in [5.74, 6) is -0.857. The minimum atomic E-state index is -0.851. The summed E-state index contributed by atoms with van der Waals surface area (Å²) in [6, 6.07) is 10.4. The van der Waals surface area contributed by atoms with Crippen LogP contribution in [0.1, 0.15) is 11.6 Å². The van der Waals surface area contributed by atoms with Gasteiger partial charge in [-0.1, -0.05) is 30.3 Å². The van der Waals surface area contributed by atoms with Crippen LogP contribution in [0.15, 0.2) is 53.4 Å². The maximum absolute atomic E-state index is 13.5. The molecule has 5 atom stereocenters. The lowest BCUT2D eigenvalue weighted by Gasteiger charge is -2.39. The van der Waals surface area contributed by atoms with Gasteiger partial charge in [0.1, 0.15) is 0 Å². The van der Waals surface area contributed by atoms with Crippen molar-refractivity contribution < 1.29 is 19.4 Å². The van der Waals surface area contributed by atoms with Crippen molar-refractivity contribution in [2.45, 2.75) is 23.9 Å². The zero-order valence-corrected chi connectivity index (χ0v) is 15.5. The smallest absolute Gasteiger partial charge is 0.207 e. The topological polar surface area (TPSA) is 91.8 Å². The first-order chi connectivity index (χ1) is 13.6. The molecule has 5 unspecified atom stereocenters. The van der Waals surface area contributed by atoms with Crippen molar-refractivity contribution in [1.29, 1.82) is 0 Å². The zero-order valence-electron chi connectivity index (χ0n) is 15.5. The van der Waals surface area contributed by atoms with Gasteiger partial charge < -0.3 is 25.0 Å². The molecule has 4 heterocycles. The third kappa shape index (κ3) is 1.84. The van der Waals surface area contributed by atoms with E-state index in [4.69, 9.17) is 4.74 Å². The summed E-state index contributed by atoms with van der Waals surface area (Å²) >= 11 is 0. The SMILES string of the molecule is COC12C(CO)C3=C(C(=O)C=C(N4CC4c4ccccc4)C3=O)N1CC1NC12. The molecule has 7 heteroatoms. The average Bonchev–Trinajstić information content (AvgIpc) is 3.61. The highest BCUT2D eigenvalue weighted by atomic mass is 16.5. The third-order valence-electron chi connectivity index (χ3n) is 6.90. The monoisotopic (exact) mass is 379 g/mol. The van der Waals surface area contributed by atoms with E-state index >= 15 is 0 Å². The second kappa shape index (κ2) is 5.31. The Kier molecular flexibility index (Phi) is 3.13. The first kappa shape index (κ1) is 16.5. The van der Waals surface area contributed by atoms with Crippen molar-refractivity contribution in [2.75, 3.05) is 26.8 Å². The van der Waals surface area contributed by atoms with Gasteiger partial charge in [0, 0.05) is 37.9 Å². The molecule has 1 aromatic carbocycles. The molecule has 0 spiro atoms. The molecule has 28 heavy (non-hydrogen) atoms. The Hall–Kier alpha value is -2.48. The lowest BCUT2D eigenvalue weighted by Crippen LogP contribution is -2.54. The highest BCUT2D eigenvalue weighted by Gasteiger charge is 2.72. The molecule has 0 bridgehead atoms. The predicted octanol–water partition coefficient (Wildman–Crippen LogP) is -0.0461. The van der Waals surface area contributed by atoms with E-state index in [1.165, 1.54) is 6.08 Å². The van der Waals surface area contributed by atoms with Gasteiger partial charge in [-0.25, -0.2) is 0 Å². The van der Waals surface area contributed by atoms with Crippen LogP contribution in [-0.2, 0) is 14.3 Å². The van der Waals surface area contributed by atoms with Crippen molar-refractivity contribution in [1.82, 2.24) is 15.1 Å². The Bertz CT molecular complexity index is 971. The number of aliphatic hydroxyl groups excluding tert-OH is 1. The molecule has 0 radical (unpaired) electrons. The van der Waals surface area contributed by atoms with Crippen LogP contribution in [0.2, 0.25) is 0 Å². The van der Waals surface area contributed by atoms with E-state index in [0.717, 1.165) is 5.56 Å². The highest BCUT2D eigenvalue weighted by molar-refractivity contribution is 6.23. The van der Waals surface area contributed by atoms with Gasteiger partial charge >= 0.3 is 0 Å².